The van der Waals surface area contributed by atoms with Crippen molar-refractivity contribution in [2.24, 2.45) is 0 Å². The van der Waals surface area contributed by atoms with E-state index in [9.17, 15) is 9.59 Å². The number of pyridine rings is 1. The van der Waals surface area contributed by atoms with Crippen molar-refractivity contribution in [1.29, 1.82) is 0 Å². The SMILES string of the molecule is CNC(=O)CCc1cccc(NC(=O)c2ccc(O)cn2)c1. The molecule has 22 heavy (non-hydrogen) atoms. The van der Waals surface area contributed by atoms with Crippen molar-refractivity contribution >= 4 is 17.5 Å². The van der Waals surface area contributed by atoms with E-state index in [4.69, 9.17) is 5.11 Å². The fourth-order valence-electron chi connectivity index (χ4n) is 1.90. The van der Waals surface area contributed by atoms with Crippen LogP contribution in [-0.2, 0) is 11.2 Å². The van der Waals surface area contributed by atoms with Gasteiger partial charge in [0.1, 0.15) is 11.4 Å². The molecule has 0 aliphatic carbocycles. The van der Waals surface area contributed by atoms with Crippen LogP contribution in [-0.4, -0.2) is 29.0 Å². The molecule has 0 radical (unpaired) electrons. The smallest absolute Gasteiger partial charge is 0.274 e. The Kier molecular flexibility index (Phi) is 5.08. The number of anilines is 1. The predicted molar refractivity (Wildman–Crippen MR) is 82.7 cm³/mol. The van der Waals surface area contributed by atoms with Crippen molar-refractivity contribution in [3.8, 4) is 5.75 Å². The van der Waals surface area contributed by atoms with Gasteiger partial charge in [0.15, 0.2) is 0 Å². The summed E-state index contributed by atoms with van der Waals surface area (Å²) >= 11 is 0. The van der Waals surface area contributed by atoms with Gasteiger partial charge in [0.05, 0.1) is 6.20 Å². The highest BCUT2D eigenvalue weighted by Crippen LogP contribution is 2.14. The number of amides is 2. The molecule has 0 unspecified atom stereocenters. The number of carbonyl (C=O) groups excluding carboxylic acids is 2. The Labute approximate surface area is 128 Å². The average Bonchev–Trinajstić information content (AvgIpc) is 2.53. The summed E-state index contributed by atoms with van der Waals surface area (Å²) in [6.45, 7) is 0. The molecule has 1 aromatic carbocycles. The predicted octanol–water partition coefficient (Wildman–Crippen LogP) is 1.72. The van der Waals surface area contributed by atoms with E-state index in [-0.39, 0.29) is 23.3 Å². The van der Waals surface area contributed by atoms with E-state index in [1.54, 1.807) is 13.1 Å². The van der Waals surface area contributed by atoms with Gasteiger partial charge in [-0.25, -0.2) is 4.98 Å². The molecule has 2 aromatic rings. The second-order valence-corrected chi connectivity index (χ2v) is 4.73. The van der Waals surface area contributed by atoms with Crippen molar-refractivity contribution in [2.75, 3.05) is 12.4 Å². The lowest BCUT2D eigenvalue weighted by atomic mass is 10.1. The number of aromatic hydroxyl groups is 1. The van der Waals surface area contributed by atoms with Crippen molar-refractivity contribution in [2.45, 2.75) is 12.8 Å². The van der Waals surface area contributed by atoms with E-state index in [1.165, 1.54) is 18.3 Å². The lowest BCUT2D eigenvalue weighted by molar-refractivity contribution is -0.120. The maximum absolute atomic E-state index is 12.0. The third-order valence-electron chi connectivity index (χ3n) is 3.08. The first-order chi connectivity index (χ1) is 10.6. The van der Waals surface area contributed by atoms with E-state index < -0.39 is 0 Å². The molecule has 2 rings (SSSR count). The molecule has 1 aromatic heterocycles. The maximum Gasteiger partial charge on any atom is 0.274 e. The van der Waals surface area contributed by atoms with Crippen LogP contribution in [0.3, 0.4) is 0 Å². The normalized spacial score (nSPS) is 10.0. The minimum Gasteiger partial charge on any atom is -0.506 e. The molecule has 0 aliphatic heterocycles. The Hall–Kier alpha value is -2.89. The van der Waals surface area contributed by atoms with Gasteiger partial charge >= 0.3 is 0 Å². The van der Waals surface area contributed by atoms with Crippen molar-refractivity contribution in [3.05, 3.63) is 53.9 Å². The van der Waals surface area contributed by atoms with Crippen LogP contribution in [0.4, 0.5) is 5.69 Å². The summed E-state index contributed by atoms with van der Waals surface area (Å²) in [4.78, 5) is 27.1. The monoisotopic (exact) mass is 299 g/mol. The second kappa shape index (κ2) is 7.21. The Morgan fingerprint density at radius 2 is 2.05 bits per heavy atom. The van der Waals surface area contributed by atoms with Crippen LogP contribution in [0.5, 0.6) is 5.75 Å². The molecule has 114 valence electrons. The summed E-state index contributed by atoms with van der Waals surface area (Å²) in [6.07, 6.45) is 2.21. The summed E-state index contributed by atoms with van der Waals surface area (Å²) in [5, 5.41) is 14.5. The summed E-state index contributed by atoms with van der Waals surface area (Å²) in [5.74, 6) is -0.376. The van der Waals surface area contributed by atoms with Crippen LogP contribution >= 0.6 is 0 Å². The van der Waals surface area contributed by atoms with Crippen molar-refractivity contribution in [1.82, 2.24) is 10.3 Å². The van der Waals surface area contributed by atoms with E-state index >= 15 is 0 Å². The fourth-order valence-corrected chi connectivity index (χ4v) is 1.90. The number of benzene rings is 1. The molecule has 2 amide bonds. The minimum absolute atomic E-state index is 0.00717. The van der Waals surface area contributed by atoms with Crippen LogP contribution in [0.1, 0.15) is 22.5 Å². The molecule has 0 bridgehead atoms. The van der Waals surface area contributed by atoms with Crippen LogP contribution in [0, 0.1) is 0 Å². The molecular formula is C16H17N3O3. The number of hydrogen-bond acceptors (Lipinski definition) is 4. The molecule has 0 spiro atoms. The van der Waals surface area contributed by atoms with E-state index in [2.05, 4.69) is 15.6 Å². The van der Waals surface area contributed by atoms with Gasteiger partial charge in [-0.15, -0.1) is 0 Å². The molecule has 0 fully saturated rings. The lowest BCUT2D eigenvalue weighted by Gasteiger charge is -2.07. The second-order valence-electron chi connectivity index (χ2n) is 4.73. The number of aromatic nitrogens is 1. The fraction of sp³-hybridized carbons (Fsp3) is 0.188. The summed E-state index contributed by atoms with van der Waals surface area (Å²) in [7, 11) is 1.60. The van der Waals surface area contributed by atoms with Crippen molar-refractivity contribution in [3.63, 3.8) is 0 Å². The Bertz CT molecular complexity index is 669. The van der Waals surface area contributed by atoms with Gasteiger partial charge in [-0.2, -0.15) is 0 Å². The molecule has 3 N–H and O–H groups in total. The molecule has 6 heteroatoms. The number of aryl methyl sites for hydroxylation is 1. The van der Waals surface area contributed by atoms with Gasteiger partial charge in [-0.1, -0.05) is 12.1 Å². The first kappa shape index (κ1) is 15.5. The first-order valence-corrected chi connectivity index (χ1v) is 6.84. The van der Waals surface area contributed by atoms with Gasteiger partial charge in [-0.3, -0.25) is 9.59 Å². The maximum atomic E-state index is 12.0. The lowest BCUT2D eigenvalue weighted by Crippen LogP contribution is -2.18. The molecule has 1 heterocycles. The topological polar surface area (TPSA) is 91.3 Å². The molecule has 0 saturated heterocycles. The Morgan fingerprint density at radius 3 is 2.73 bits per heavy atom. The summed E-state index contributed by atoms with van der Waals surface area (Å²) in [5.41, 5.74) is 1.81. The standard InChI is InChI=1S/C16H17N3O3/c1-17-15(21)8-5-11-3-2-4-12(9-11)19-16(22)14-7-6-13(20)10-18-14/h2-4,6-7,9-10,20H,5,8H2,1H3,(H,17,21)(H,19,22). The highest BCUT2D eigenvalue weighted by Gasteiger charge is 2.08. The highest BCUT2D eigenvalue weighted by atomic mass is 16.3. The van der Waals surface area contributed by atoms with Crippen molar-refractivity contribution < 1.29 is 14.7 Å². The van der Waals surface area contributed by atoms with Gasteiger partial charge < -0.3 is 15.7 Å². The quantitative estimate of drug-likeness (QED) is 0.784. The molecular weight excluding hydrogens is 282 g/mol. The minimum atomic E-state index is -0.358. The van der Waals surface area contributed by atoms with E-state index in [0.29, 0.717) is 18.5 Å². The zero-order valence-corrected chi connectivity index (χ0v) is 12.2. The number of carbonyl (C=O) groups is 2. The third-order valence-corrected chi connectivity index (χ3v) is 3.08. The van der Waals surface area contributed by atoms with Gasteiger partial charge in [0.2, 0.25) is 5.91 Å². The van der Waals surface area contributed by atoms with E-state index in [0.717, 1.165) is 5.56 Å². The first-order valence-electron chi connectivity index (χ1n) is 6.84. The number of rotatable bonds is 5. The number of nitrogens with one attached hydrogen (secondary N) is 2. The Morgan fingerprint density at radius 1 is 1.23 bits per heavy atom. The zero-order chi connectivity index (χ0) is 15.9. The largest absolute Gasteiger partial charge is 0.506 e. The molecule has 6 nitrogen and oxygen atoms in total. The number of hydrogen-bond donors (Lipinski definition) is 3. The zero-order valence-electron chi connectivity index (χ0n) is 12.2. The number of nitrogens with zero attached hydrogens (tertiary/aromatic N) is 1. The molecule has 0 atom stereocenters. The van der Waals surface area contributed by atoms with Gasteiger partial charge in [0, 0.05) is 19.2 Å². The van der Waals surface area contributed by atoms with Crippen LogP contribution in [0.15, 0.2) is 42.6 Å². The highest BCUT2D eigenvalue weighted by molar-refractivity contribution is 6.02. The van der Waals surface area contributed by atoms with Crippen LogP contribution in [0.25, 0.3) is 0 Å². The third kappa shape index (κ3) is 4.31. The summed E-state index contributed by atoms with van der Waals surface area (Å²) < 4.78 is 0. The van der Waals surface area contributed by atoms with Crippen LogP contribution < -0.4 is 10.6 Å². The molecule has 0 saturated carbocycles. The van der Waals surface area contributed by atoms with E-state index in [1.807, 2.05) is 18.2 Å². The van der Waals surface area contributed by atoms with Gasteiger partial charge in [0.25, 0.3) is 5.91 Å². The summed E-state index contributed by atoms with van der Waals surface area (Å²) in [6, 6.07) is 10.2. The Balaban J connectivity index is 2.02. The van der Waals surface area contributed by atoms with Crippen LogP contribution in [0.2, 0.25) is 0 Å². The molecule has 0 aliphatic rings. The average molecular weight is 299 g/mol. The van der Waals surface area contributed by atoms with Gasteiger partial charge in [-0.05, 0) is 36.2 Å².